The molecule has 0 radical (unpaired) electrons. The molecule has 5 rings (SSSR count). The summed E-state index contributed by atoms with van der Waals surface area (Å²) in [5, 5.41) is 9.53. The predicted molar refractivity (Wildman–Crippen MR) is 97.7 cm³/mol. The average Bonchev–Trinajstić information content (AvgIpc) is 2.96. The molecule has 27 heavy (non-hydrogen) atoms. The van der Waals surface area contributed by atoms with Crippen molar-refractivity contribution in [2.45, 2.75) is 18.9 Å². The Morgan fingerprint density at radius 1 is 1.26 bits per heavy atom. The average molecular weight is 390 g/mol. The van der Waals surface area contributed by atoms with Gasteiger partial charge in [0.15, 0.2) is 0 Å². The molecule has 1 aliphatic rings. The summed E-state index contributed by atoms with van der Waals surface area (Å²) < 4.78 is 31.0. The summed E-state index contributed by atoms with van der Waals surface area (Å²) in [6.07, 6.45) is 3.35. The van der Waals surface area contributed by atoms with Crippen molar-refractivity contribution in [2.75, 3.05) is 0 Å². The molecule has 6 nitrogen and oxygen atoms in total. The fraction of sp³-hybridized carbons (Fsp3) is 0.278. The number of fused-ring (bicyclic) bond motifs is 2. The first-order chi connectivity index (χ1) is 12.8. The van der Waals surface area contributed by atoms with Crippen LogP contribution in [0.2, 0.25) is 5.02 Å². The number of nitrogens with zero attached hydrogens (tertiary/aromatic N) is 5. The van der Waals surface area contributed by atoms with Gasteiger partial charge in [-0.25, -0.2) is 8.78 Å². The maximum atomic E-state index is 13.2. The van der Waals surface area contributed by atoms with Crippen LogP contribution >= 0.6 is 11.6 Å². The maximum absolute atomic E-state index is 13.2. The second-order valence-electron chi connectivity index (χ2n) is 6.94. The standard InChI is InChI=1S/C18H14ClF2N5O/c1-24-8-10-6-12(2-3-13(10)22-24)26-17(27)15(19)16-14(23-26)4-5-25(16)9-11-7-18(11,20)21/h2-6,8,11H,7,9H2,1H3/t11-/m0/s1. The van der Waals surface area contributed by atoms with E-state index in [1.807, 2.05) is 13.2 Å². The molecule has 0 spiro atoms. The molecular weight excluding hydrogens is 376 g/mol. The molecular formula is C18H14ClF2N5O. The molecule has 0 saturated heterocycles. The fourth-order valence-corrected chi connectivity index (χ4v) is 3.71. The van der Waals surface area contributed by atoms with Gasteiger partial charge < -0.3 is 4.57 Å². The molecule has 0 N–H and O–H groups in total. The largest absolute Gasteiger partial charge is 0.344 e. The van der Waals surface area contributed by atoms with Gasteiger partial charge in [-0.05, 0) is 24.3 Å². The number of halogens is 3. The Labute approximate surface area is 156 Å². The molecule has 3 heterocycles. The quantitative estimate of drug-likeness (QED) is 0.539. The molecule has 138 valence electrons. The lowest BCUT2D eigenvalue weighted by atomic mass is 10.2. The van der Waals surface area contributed by atoms with Crippen molar-refractivity contribution in [2.24, 2.45) is 13.0 Å². The second kappa shape index (κ2) is 5.39. The van der Waals surface area contributed by atoms with Crippen LogP contribution in [0, 0.1) is 5.92 Å². The number of aromatic nitrogens is 5. The highest BCUT2D eigenvalue weighted by molar-refractivity contribution is 6.34. The summed E-state index contributed by atoms with van der Waals surface area (Å²) in [6.45, 7) is 0.114. The van der Waals surface area contributed by atoms with Crippen LogP contribution in [0.3, 0.4) is 0 Å². The number of aryl methyl sites for hydroxylation is 1. The smallest absolute Gasteiger partial charge is 0.292 e. The van der Waals surface area contributed by atoms with Gasteiger partial charge in [-0.3, -0.25) is 9.48 Å². The minimum atomic E-state index is -2.63. The van der Waals surface area contributed by atoms with Crippen LogP contribution in [0.25, 0.3) is 27.6 Å². The van der Waals surface area contributed by atoms with Gasteiger partial charge >= 0.3 is 0 Å². The number of alkyl halides is 2. The van der Waals surface area contributed by atoms with Crippen molar-refractivity contribution in [3.05, 3.63) is 52.0 Å². The Morgan fingerprint density at radius 3 is 2.78 bits per heavy atom. The first-order valence-electron chi connectivity index (χ1n) is 8.43. The summed E-state index contributed by atoms with van der Waals surface area (Å²) >= 11 is 6.33. The van der Waals surface area contributed by atoms with E-state index in [9.17, 15) is 13.6 Å². The van der Waals surface area contributed by atoms with E-state index in [2.05, 4.69) is 10.2 Å². The molecule has 1 aliphatic carbocycles. The van der Waals surface area contributed by atoms with Crippen molar-refractivity contribution in [3.63, 3.8) is 0 Å². The van der Waals surface area contributed by atoms with Crippen LogP contribution in [-0.4, -0.2) is 30.1 Å². The molecule has 0 aliphatic heterocycles. The summed E-state index contributed by atoms with van der Waals surface area (Å²) in [4.78, 5) is 12.8. The lowest BCUT2D eigenvalue weighted by Gasteiger charge is -2.09. The van der Waals surface area contributed by atoms with Crippen molar-refractivity contribution >= 4 is 33.5 Å². The van der Waals surface area contributed by atoms with Gasteiger partial charge in [0.2, 0.25) is 0 Å². The Morgan fingerprint density at radius 2 is 2.04 bits per heavy atom. The second-order valence-corrected chi connectivity index (χ2v) is 7.32. The van der Waals surface area contributed by atoms with Crippen LogP contribution < -0.4 is 5.56 Å². The van der Waals surface area contributed by atoms with Crippen LogP contribution in [0.15, 0.2) is 41.5 Å². The van der Waals surface area contributed by atoms with E-state index in [4.69, 9.17) is 11.6 Å². The maximum Gasteiger partial charge on any atom is 0.292 e. The molecule has 1 atom stereocenters. The molecule has 3 aromatic heterocycles. The lowest BCUT2D eigenvalue weighted by molar-refractivity contribution is 0.0954. The molecule has 1 fully saturated rings. The van der Waals surface area contributed by atoms with Gasteiger partial charge in [-0.1, -0.05) is 11.6 Å². The summed E-state index contributed by atoms with van der Waals surface area (Å²) in [7, 11) is 1.82. The van der Waals surface area contributed by atoms with Crippen molar-refractivity contribution in [1.82, 2.24) is 24.1 Å². The summed E-state index contributed by atoms with van der Waals surface area (Å²) in [5.74, 6) is -3.36. The third-order valence-corrected chi connectivity index (χ3v) is 5.30. The minimum absolute atomic E-state index is 0.0275. The Balaban J connectivity index is 1.63. The molecule has 1 aromatic carbocycles. The summed E-state index contributed by atoms with van der Waals surface area (Å²) in [6, 6.07) is 7.03. The van der Waals surface area contributed by atoms with Crippen LogP contribution in [0.5, 0.6) is 0 Å². The molecule has 0 unspecified atom stereocenters. The number of hydrogen-bond donors (Lipinski definition) is 0. The highest BCUT2D eigenvalue weighted by Gasteiger charge is 2.56. The van der Waals surface area contributed by atoms with Gasteiger partial charge in [-0.15, -0.1) is 0 Å². The summed E-state index contributed by atoms with van der Waals surface area (Å²) in [5.41, 5.74) is 1.75. The van der Waals surface area contributed by atoms with Gasteiger partial charge in [-0.2, -0.15) is 14.9 Å². The van der Waals surface area contributed by atoms with E-state index in [0.29, 0.717) is 16.7 Å². The molecule has 1 saturated carbocycles. The normalized spacial score (nSPS) is 18.4. The molecule has 4 aromatic rings. The lowest BCUT2D eigenvalue weighted by Crippen LogP contribution is -2.22. The third-order valence-electron chi connectivity index (χ3n) is 4.96. The Hall–Kier alpha value is -2.74. The van der Waals surface area contributed by atoms with E-state index in [1.54, 1.807) is 39.7 Å². The minimum Gasteiger partial charge on any atom is -0.344 e. The van der Waals surface area contributed by atoms with Gasteiger partial charge in [0.25, 0.3) is 11.5 Å². The number of benzene rings is 1. The van der Waals surface area contributed by atoms with E-state index in [-0.39, 0.29) is 18.0 Å². The molecule has 0 amide bonds. The third kappa shape index (κ3) is 2.55. The van der Waals surface area contributed by atoms with Crippen molar-refractivity contribution < 1.29 is 8.78 Å². The first-order valence-corrected chi connectivity index (χ1v) is 8.80. The van der Waals surface area contributed by atoms with Crippen LogP contribution in [-0.2, 0) is 13.6 Å². The fourth-order valence-electron chi connectivity index (χ4n) is 3.43. The highest BCUT2D eigenvalue weighted by atomic mass is 35.5. The van der Waals surface area contributed by atoms with Gasteiger partial charge in [0.05, 0.1) is 16.7 Å². The van der Waals surface area contributed by atoms with Crippen molar-refractivity contribution in [1.29, 1.82) is 0 Å². The number of rotatable bonds is 3. The van der Waals surface area contributed by atoms with E-state index in [1.165, 1.54) is 4.68 Å². The molecule has 0 bridgehead atoms. The first kappa shape index (κ1) is 16.4. The Bertz CT molecular complexity index is 1270. The highest BCUT2D eigenvalue weighted by Crippen LogP contribution is 2.49. The van der Waals surface area contributed by atoms with E-state index < -0.39 is 17.4 Å². The zero-order valence-corrected chi connectivity index (χ0v) is 15.0. The van der Waals surface area contributed by atoms with Crippen LogP contribution in [0.1, 0.15) is 6.42 Å². The zero-order valence-electron chi connectivity index (χ0n) is 14.2. The SMILES string of the molecule is Cn1cc2cc(-n3nc4ccn(C[C@@H]5CC5(F)F)c4c(Cl)c3=O)ccc2n1. The van der Waals surface area contributed by atoms with Gasteiger partial charge in [0, 0.05) is 43.7 Å². The monoisotopic (exact) mass is 389 g/mol. The van der Waals surface area contributed by atoms with Crippen LogP contribution in [0.4, 0.5) is 8.78 Å². The van der Waals surface area contributed by atoms with E-state index >= 15 is 0 Å². The number of hydrogen-bond acceptors (Lipinski definition) is 3. The van der Waals surface area contributed by atoms with Crippen molar-refractivity contribution in [3.8, 4) is 5.69 Å². The Kier molecular flexibility index (Phi) is 3.28. The van der Waals surface area contributed by atoms with Gasteiger partial charge in [0.1, 0.15) is 10.5 Å². The zero-order chi connectivity index (χ0) is 18.9. The van der Waals surface area contributed by atoms with E-state index in [0.717, 1.165) is 10.9 Å². The molecule has 9 heteroatoms. The predicted octanol–water partition coefficient (Wildman–Crippen LogP) is 3.38. The topological polar surface area (TPSA) is 57.6 Å².